The number of rotatable bonds is 7. The van der Waals surface area contributed by atoms with Crippen molar-refractivity contribution < 1.29 is 28.2 Å². The van der Waals surface area contributed by atoms with E-state index in [2.05, 4.69) is 20.7 Å². The largest absolute Gasteiger partial charge is 0.496 e. The van der Waals surface area contributed by atoms with E-state index < -0.39 is 34.6 Å². The molecule has 0 spiro atoms. The highest BCUT2D eigenvalue weighted by Gasteiger charge is 2.27. The van der Waals surface area contributed by atoms with E-state index in [0.29, 0.717) is 10.2 Å². The van der Waals surface area contributed by atoms with Gasteiger partial charge in [0.25, 0.3) is 0 Å². The Morgan fingerprint density at radius 3 is 2.57 bits per heavy atom. The number of carboxylic acids is 1. The maximum atomic E-state index is 12.1. The minimum absolute atomic E-state index is 0.0266. The summed E-state index contributed by atoms with van der Waals surface area (Å²) in [5, 5.41) is 18.4. The minimum atomic E-state index is -3.87. The maximum absolute atomic E-state index is 12.1. The first-order valence-electron chi connectivity index (χ1n) is 5.85. The molecule has 0 heterocycles. The highest BCUT2D eigenvalue weighted by atomic mass is 79.9. The van der Waals surface area contributed by atoms with E-state index in [1.54, 1.807) is 0 Å². The third-order valence-electron chi connectivity index (χ3n) is 2.61. The molecule has 0 amide bonds. The molecule has 0 aliphatic carbocycles. The fourth-order valence-electron chi connectivity index (χ4n) is 1.54. The summed E-state index contributed by atoms with van der Waals surface area (Å²) in [5.41, 5.74) is -1.68. The molecule has 1 rings (SSSR count). The van der Waals surface area contributed by atoms with E-state index in [9.17, 15) is 18.3 Å². The Morgan fingerprint density at radius 2 is 2.10 bits per heavy atom. The van der Waals surface area contributed by atoms with Crippen molar-refractivity contribution in [3.8, 4) is 5.75 Å². The topological polar surface area (TPSA) is 113 Å². The standard InChI is InChI=1S/C12H16BrNO6S/c1-12(17,6-11(15)16)7-14-21(18,19)8-3-4-10(20-2)9(13)5-8/h3-5,14,17H,6-7H2,1-2H3,(H,15,16). The Morgan fingerprint density at radius 1 is 1.48 bits per heavy atom. The Kier molecular flexibility index (Phi) is 5.74. The average molecular weight is 382 g/mol. The van der Waals surface area contributed by atoms with E-state index in [4.69, 9.17) is 9.84 Å². The quantitative estimate of drug-likeness (QED) is 0.648. The summed E-state index contributed by atoms with van der Waals surface area (Å²) in [5.74, 6) is -0.738. The van der Waals surface area contributed by atoms with Gasteiger partial charge in [-0.1, -0.05) is 0 Å². The summed E-state index contributed by atoms with van der Waals surface area (Å²) in [6, 6.07) is 4.18. The predicted molar refractivity (Wildman–Crippen MR) is 78.8 cm³/mol. The number of aliphatic hydroxyl groups is 1. The highest BCUT2D eigenvalue weighted by Crippen LogP contribution is 2.27. The first kappa shape index (κ1) is 17.9. The number of hydrogen-bond acceptors (Lipinski definition) is 5. The lowest BCUT2D eigenvalue weighted by atomic mass is 10.0. The summed E-state index contributed by atoms with van der Waals surface area (Å²) in [4.78, 5) is 10.5. The molecule has 3 N–H and O–H groups in total. The van der Waals surface area contributed by atoms with Crippen LogP contribution in [0.1, 0.15) is 13.3 Å². The number of carboxylic acid groups (broad SMARTS) is 1. The second-order valence-corrected chi connectivity index (χ2v) is 7.31. The molecule has 1 aromatic carbocycles. The molecule has 1 unspecified atom stereocenters. The van der Waals surface area contributed by atoms with Gasteiger partial charge in [0.1, 0.15) is 5.75 Å². The average Bonchev–Trinajstić information content (AvgIpc) is 2.35. The summed E-state index contributed by atoms with van der Waals surface area (Å²) < 4.78 is 31.8. The number of sulfonamides is 1. The van der Waals surface area contributed by atoms with Crippen LogP contribution in [0.2, 0.25) is 0 Å². The lowest BCUT2D eigenvalue weighted by Gasteiger charge is -2.21. The van der Waals surface area contributed by atoms with Gasteiger partial charge in [-0.2, -0.15) is 0 Å². The van der Waals surface area contributed by atoms with Crippen LogP contribution in [0.4, 0.5) is 0 Å². The molecule has 0 saturated heterocycles. The molecule has 1 atom stereocenters. The molecule has 21 heavy (non-hydrogen) atoms. The summed E-state index contributed by atoms with van der Waals surface area (Å²) >= 11 is 3.18. The molecule has 0 saturated carbocycles. The number of ether oxygens (including phenoxy) is 1. The van der Waals surface area contributed by atoms with Crippen molar-refractivity contribution in [1.82, 2.24) is 4.72 Å². The van der Waals surface area contributed by atoms with Gasteiger partial charge in [0.15, 0.2) is 0 Å². The normalized spacial score (nSPS) is 14.5. The van der Waals surface area contributed by atoms with Crippen molar-refractivity contribution in [2.45, 2.75) is 23.8 Å². The van der Waals surface area contributed by atoms with Gasteiger partial charge < -0.3 is 14.9 Å². The summed E-state index contributed by atoms with van der Waals surface area (Å²) in [6.07, 6.45) is -0.568. The predicted octanol–water partition coefficient (Wildman–Crippen LogP) is 0.962. The van der Waals surface area contributed by atoms with Gasteiger partial charge in [0.05, 0.1) is 28.5 Å². The number of carbonyl (C=O) groups is 1. The van der Waals surface area contributed by atoms with Crippen LogP contribution >= 0.6 is 15.9 Å². The molecule has 0 aliphatic rings. The highest BCUT2D eigenvalue weighted by molar-refractivity contribution is 9.10. The van der Waals surface area contributed by atoms with Crippen LogP contribution in [-0.4, -0.2) is 43.9 Å². The Hall–Kier alpha value is -1.16. The van der Waals surface area contributed by atoms with E-state index in [-0.39, 0.29) is 4.90 Å². The van der Waals surface area contributed by atoms with Crippen LogP contribution < -0.4 is 9.46 Å². The van der Waals surface area contributed by atoms with Crippen molar-refractivity contribution in [2.24, 2.45) is 0 Å². The smallest absolute Gasteiger partial charge is 0.306 e. The molecule has 0 aliphatic heterocycles. The van der Waals surface area contributed by atoms with Crippen LogP contribution in [0.15, 0.2) is 27.6 Å². The molecular weight excluding hydrogens is 366 g/mol. The number of halogens is 1. The first-order valence-corrected chi connectivity index (χ1v) is 8.12. The van der Waals surface area contributed by atoms with Crippen molar-refractivity contribution in [3.05, 3.63) is 22.7 Å². The second-order valence-electron chi connectivity index (χ2n) is 4.69. The second kappa shape index (κ2) is 6.73. The zero-order valence-corrected chi connectivity index (χ0v) is 13.9. The first-order chi connectivity index (χ1) is 9.57. The zero-order chi connectivity index (χ0) is 16.3. The van der Waals surface area contributed by atoms with Gasteiger partial charge in [-0.05, 0) is 41.1 Å². The van der Waals surface area contributed by atoms with Gasteiger partial charge in [0, 0.05) is 6.54 Å². The number of aliphatic carboxylic acids is 1. The summed E-state index contributed by atoms with van der Waals surface area (Å²) in [7, 11) is -2.41. The summed E-state index contributed by atoms with van der Waals surface area (Å²) in [6.45, 7) is 0.832. The third kappa shape index (κ3) is 5.27. The van der Waals surface area contributed by atoms with Crippen LogP contribution in [0.25, 0.3) is 0 Å². The molecule has 0 radical (unpaired) electrons. The SMILES string of the molecule is COc1ccc(S(=O)(=O)NCC(C)(O)CC(=O)O)cc1Br. The molecule has 118 valence electrons. The molecule has 0 bridgehead atoms. The zero-order valence-electron chi connectivity index (χ0n) is 11.5. The lowest BCUT2D eigenvalue weighted by molar-refractivity contribution is -0.141. The van der Waals surface area contributed by atoms with Gasteiger partial charge in [-0.3, -0.25) is 4.79 Å². The van der Waals surface area contributed by atoms with E-state index in [1.807, 2.05) is 0 Å². The van der Waals surface area contributed by atoms with Crippen LogP contribution in [0.3, 0.4) is 0 Å². The van der Waals surface area contributed by atoms with Crippen molar-refractivity contribution in [3.63, 3.8) is 0 Å². The van der Waals surface area contributed by atoms with E-state index >= 15 is 0 Å². The van der Waals surface area contributed by atoms with Crippen molar-refractivity contribution in [2.75, 3.05) is 13.7 Å². The molecular formula is C12H16BrNO6S. The molecule has 0 aromatic heterocycles. The van der Waals surface area contributed by atoms with Crippen molar-refractivity contribution >= 4 is 31.9 Å². The van der Waals surface area contributed by atoms with Crippen LogP contribution in [-0.2, 0) is 14.8 Å². The Bertz CT molecular complexity index is 629. The number of benzene rings is 1. The molecule has 1 aromatic rings. The monoisotopic (exact) mass is 381 g/mol. The van der Waals surface area contributed by atoms with E-state index in [0.717, 1.165) is 0 Å². The number of nitrogens with one attached hydrogen (secondary N) is 1. The third-order valence-corrected chi connectivity index (χ3v) is 4.63. The molecule has 0 fully saturated rings. The van der Waals surface area contributed by atoms with E-state index in [1.165, 1.54) is 32.2 Å². The lowest BCUT2D eigenvalue weighted by Crippen LogP contribution is -2.42. The van der Waals surface area contributed by atoms with Gasteiger partial charge in [0.2, 0.25) is 10.0 Å². The van der Waals surface area contributed by atoms with Crippen molar-refractivity contribution in [1.29, 1.82) is 0 Å². The van der Waals surface area contributed by atoms with Gasteiger partial charge in [-0.25, -0.2) is 13.1 Å². The number of hydrogen-bond donors (Lipinski definition) is 3. The van der Waals surface area contributed by atoms with Gasteiger partial charge >= 0.3 is 5.97 Å². The number of methoxy groups -OCH3 is 1. The fraction of sp³-hybridized carbons (Fsp3) is 0.417. The van der Waals surface area contributed by atoms with Crippen LogP contribution in [0, 0.1) is 0 Å². The Balaban J connectivity index is 2.87. The fourth-order valence-corrected chi connectivity index (χ4v) is 3.42. The maximum Gasteiger partial charge on any atom is 0.306 e. The molecule has 9 heteroatoms. The Labute approximate surface area is 131 Å². The molecule has 7 nitrogen and oxygen atoms in total. The van der Waals surface area contributed by atoms with Gasteiger partial charge in [-0.15, -0.1) is 0 Å². The van der Waals surface area contributed by atoms with Crippen LogP contribution in [0.5, 0.6) is 5.75 Å². The minimum Gasteiger partial charge on any atom is -0.496 e.